The van der Waals surface area contributed by atoms with Gasteiger partial charge in [-0.3, -0.25) is 9.59 Å². The monoisotopic (exact) mass is 352 g/mol. The van der Waals surface area contributed by atoms with Gasteiger partial charge in [0, 0.05) is 36.4 Å². The number of hydrogen-bond donors (Lipinski definition) is 1. The van der Waals surface area contributed by atoms with Crippen molar-refractivity contribution >= 4 is 16.8 Å². The Morgan fingerprint density at radius 3 is 2.96 bits per heavy atom. The summed E-state index contributed by atoms with van der Waals surface area (Å²) < 4.78 is 8.89. The molecule has 1 N–H and O–H groups in total. The van der Waals surface area contributed by atoms with E-state index < -0.39 is 0 Å². The Morgan fingerprint density at radius 2 is 2.12 bits per heavy atom. The smallest absolute Gasteiger partial charge is 0.267 e. The van der Waals surface area contributed by atoms with Crippen molar-refractivity contribution in [2.75, 3.05) is 13.2 Å². The second-order valence-electron chi connectivity index (χ2n) is 6.54. The normalized spacial score (nSPS) is 19.7. The number of carbonyl (C=O) groups excluding carboxylic acids is 1. The van der Waals surface area contributed by atoms with Gasteiger partial charge >= 0.3 is 0 Å². The van der Waals surface area contributed by atoms with Gasteiger partial charge in [-0.25, -0.2) is 4.68 Å². The number of nitrogens with one attached hydrogen (secondary N) is 1. The molecule has 2 atom stereocenters. The number of carbonyl (C=O) groups is 1. The largest absolute Gasteiger partial charge is 0.377 e. The van der Waals surface area contributed by atoms with Crippen LogP contribution in [0.5, 0.6) is 0 Å². The Balaban J connectivity index is 1.51. The Hall–Kier alpha value is -2.93. The lowest BCUT2D eigenvalue weighted by Gasteiger charge is -2.19. The molecular formula is C19H20N4O3. The van der Waals surface area contributed by atoms with Gasteiger partial charge in [0.05, 0.1) is 25.7 Å². The summed E-state index contributed by atoms with van der Waals surface area (Å²) in [4.78, 5) is 24.6. The van der Waals surface area contributed by atoms with E-state index in [1.807, 2.05) is 42.1 Å². The first-order chi connectivity index (χ1) is 12.6. The van der Waals surface area contributed by atoms with Crippen LogP contribution in [0.1, 0.15) is 11.6 Å². The third-order valence-corrected chi connectivity index (χ3v) is 4.78. The summed E-state index contributed by atoms with van der Waals surface area (Å²) in [5.41, 5.74) is 1.87. The highest BCUT2D eigenvalue weighted by molar-refractivity contribution is 5.89. The molecule has 0 spiro atoms. The van der Waals surface area contributed by atoms with Gasteiger partial charge in [0.1, 0.15) is 6.04 Å². The third kappa shape index (κ3) is 3.01. The number of hydrogen-bond acceptors (Lipinski definition) is 4. The van der Waals surface area contributed by atoms with Crippen LogP contribution >= 0.6 is 0 Å². The number of nitrogens with zero attached hydrogens (tertiary/aromatic N) is 3. The van der Waals surface area contributed by atoms with E-state index in [9.17, 15) is 9.59 Å². The molecule has 0 aliphatic carbocycles. The Morgan fingerprint density at radius 1 is 1.27 bits per heavy atom. The Bertz CT molecular complexity index is 1010. The van der Waals surface area contributed by atoms with E-state index in [2.05, 4.69) is 10.4 Å². The average Bonchev–Trinajstić information content (AvgIpc) is 3.21. The van der Waals surface area contributed by atoms with Crippen LogP contribution in [-0.4, -0.2) is 39.5 Å². The van der Waals surface area contributed by atoms with Crippen LogP contribution in [0.15, 0.2) is 53.6 Å². The molecule has 3 aromatic rings. The molecule has 7 heteroatoms. The SMILES string of the molecule is Cn1cc(CC(=O)NC2COCC2n2ncccc2=O)c2ccccc21. The van der Waals surface area contributed by atoms with E-state index in [1.165, 1.54) is 10.7 Å². The first-order valence-electron chi connectivity index (χ1n) is 8.57. The zero-order chi connectivity index (χ0) is 18.1. The molecule has 0 radical (unpaired) electrons. The number of benzene rings is 1. The third-order valence-electron chi connectivity index (χ3n) is 4.78. The first-order valence-corrected chi connectivity index (χ1v) is 8.57. The van der Waals surface area contributed by atoms with Crippen LogP contribution in [-0.2, 0) is 23.0 Å². The van der Waals surface area contributed by atoms with E-state index in [4.69, 9.17) is 4.74 Å². The number of aryl methyl sites for hydroxylation is 1. The quantitative estimate of drug-likeness (QED) is 0.761. The fourth-order valence-electron chi connectivity index (χ4n) is 3.54. The molecule has 0 saturated carbocycles. The predicted octanol–water partition coefficient (Wildman–Crippen LogP) is 1.03. The summed E-state index contributed by atoms with van der Waals surface area (Å²) in [6, 6.07) is 10.5. The van der Waals surface area contributed by atoms with Gasteiger partial charge in [-0.05, 0) is 17.7 Å². The fraction of sp³-hybridized carbons (Fsp3) is 0.316. The van der Waals surface area contributed by atoms with Gasteiger partial charge in [0.15, 0.2) is 0 Å². The molecule has 2 aromatic heterocycles. The predicted molar refractivity (Wildman–Crippen MR) is 96.9 cm³/mol. The van der Waals surface area contributed by atoms with E-state index in [0.717, 1.165) is 16.5 Å². The summed E-state index contributed by atoms with van der Waals surface area (Å²) in [5, 5.41) is 8.19. The van der Waals surface area contributed by atoms with Crippen molar-refractivity contribution in [3.63, 3.8) is 0 Å². The van der Waals surface area contributed by atoms with Gasteiger partial charge in [0.25, 0.3) is 5.56 Å². The molecule has 1 fully saturated rings. The van der Waals surface area contributed by atoms with Crippen LogP contribution in [0.25, 0.3) is 10.9 Å². The summed E-state index contributed by atoms with van der Waals surface area (Å²) in [5.74, 6) is -0.0918. The fourth-order valence-corrected chi connectivity index (χ4v) is 3.54. The highest BCUT2D eigenvalue weighted by atomic mass is 16.5. The molecule has 1 aliphatic heterocycles. The molecule has 1 saturated heterocycles. The standard InChI is InChI=1S/C19H20N4O3/c1-22-10-13(14-5-2-3-6-16(14)22)9-18(24)21-15-11-26-12-17(15)23-19(25)7-4-8-20-23/h2-8,10,15,17H,9,11-12H2,1H3,(H,21,24). The number of fused-ring (bicyclic) bond motifs is 1. The summed E-state index contributed by atoms with van der Waals surface area (Å²) in [6.07, 6.45) is 3.83. The second kappa shape index (κ2) is 6.76. The summed E-state index contributed by atoms with van der Waals surface area (Å²) in [7, 11) is 1.97. The lowest BCUT2D eigenvalue weighted by molar-refractivity contribution is -0.121. The maximum Gasteiger partial charge on any atom is 0.267 e. The topological polar surface area (TPSA) is 78.2 Å². The Labute approximate surface area is 150 Å². The summed E-state index contributed by atoms with van der Waals surface area (Å²) in [6.45, 7) is 0.727. The van der Waals surface area contributed by atoms with Crippen molar-refractivity contribution in [1.82, 2.24) is 19.7 Å². The first kappa shape index (κ1) is 16.5. The number of rotatable bonds is 4. The van der Waals surface area contributed by atoms with Gasteiger partial charge < -0.3 is 14.6 Å². The molecule has 3 heterocycles. The molecule has 1 aliphatic rings. The van der Waals surface area contributed by atoms with Crippen LogP contribution in [0, 0.1) is 0 Å². The van der Waals surface area contributed by atoms with Crippen molar-refractivity contribution in [2.45, 2.75) is 18.5 Å². The van der Waals surface area contributed by atoms with Crippen LogP contribution in [0.4, 0.5) is 0 Å². The maximum atomic E-state index is 12.6. The number of aromatic nitrogens is 3. The zero-order valence-corrected chi connectivity index (χ0v) is 14.5. The van der Waals surface area contributed by atoms with Gasteiger partial charge in [0.2, 0.25) is 5.91 Å². The van der Waals surface area contributed by atoms with Crippen molar-refractivity contribution in [3.8, 4) is 0 Å². The Kier molecular flexibility index (Phi) is 4.30. The lowest BCUT2D eigenvalue weighted by Crippen LogP contribution is -2.44. The molecule has 7 nitrogen and oxygen atoms in total. The van der Waals surface area contributed by atoms with Crippen LogP contribution in [0.2, 0.25) is 0 Å². The molecule has 4 rings (SSSR count). The molecule has 1 amide bonds. The highest BCUT2D eigenvalue weighted by Gasteiger charge is 2.32. The van der Waals surface area contributed by atoms with E-state index in [0.29, 0.717) is 13.2 Å². The molecular weight excluding hydrogens is 332 g/mol. The van der Waals surface area contributed by atoms with Crippen molar-refractivity contribution in [3.05, 3.63) is 64.7 Å². The minimum absolute atomic E-state index is 0.0918. The van der Waals surface area contributed by atoms with Crippen LogP contribution in [0.3, 0.4) is 0 Å². The zero-order valence-electron chi connectivity index (χ0n) is 14.5. The lowest BCUT2D eigenvalue weighted by atomic mass is 10.1. The number of ether oxygens (including phenoxy) is 1. The molecule has 134 valence electrons. The van der Waals surface area contributed by atoms with Crippen molar-refractivity contribution in [1.29, 1.82) is 0 Å². The van der Waals surface area contributed by atoms with Crippen molar-refractivity contribution < 1.29 is 9.53 Å². The van der Waals surface area contributed by atoms with E-state index in [-0.39, 0.29) is 30.0 Å². The van der Waals surface area contributed by atoms with Gasteiger partial charge in [-0.2, -0.15) is 5.10 Å². The average molecular weight is 352 g/mol. The number of amides is 1. The summed E-state index contributed by atoms with van der Waals surface area (Å²) >= 11 is 0. The molecule has 0 bridgehead atoms. The van der Waals surface area contributed by atoms with Crippen molar-refractivity contribution in [2.24, 2.45) is 7.05 Å². The maximum absolute atomic E-state index is 12.6. The minimum atomic E-state index is -0.292. The van der Waals surface area contributed by atoms with Crippen LogP contribution < -0.4 is 10.9 Å². The van der Waals surface area contributed by atoms with Gasteiger partial charge in [-0.15, -0.1) is 0 Å². The molecule has 26 heavy (non-hydrogen) atoms. The molecule has 2 unspecified atom stereocenters. The van der Waals surface area contributed by atoms with E-state index >= 15 is 0 Å². The highest BCUT2D eigenvalue weighted by Crippen LogP contribution is 2.21. The van der Waals surface area contributed by atoms with Gasteiger partial charge in [-0.1, -0.05) is 18.2 Å². The minimum Gasteiger partial charge on any atom is -0.377 e. The molecule has 1 aromatic carbocycles. The van der Waals surface area contributed by atoms with E-state index in [1.54, 1.807) is 12.3 Å². The second-order valence-corrected chi connectivity index (χ2v) is 6.54. The number of para-hydroxylation sites is 1.